The molecular weight excluding hydrogens is 358 g/mol. The molecule has 0 saturated heterocycles. The number of amides is 1. The lowest BCUT2D eigenvalue weighted by Crippen LogP contribution is -2.32. The van der Waals surface area contributed by atoms with Gasteiger partial charge in [0.05, 0.1) is 22.2 Å². The maximum Gasteiger partial charge on any atom is 0.270 e. The van der Waals surface area contributed by atoms with Gasteiger partial charge in [-0.15, -0.1) is 0 Å². The van der Waals surface area contributed by atoms with Gasteiger partial charge in [-0.25, -0.2) is 0 Å². The molecule has 28 heavy (non-hydrogen) atoms. The second-order valence-electron chi connectivity index (χ2n) is 7.10. The summed E-state index contributed by atoms with van der Waals surface area (Å²) in [5.41, 5.74) is 2.69. The molecular formula is C21H21N3O4. The monoisotopic (exact) mass is 379 g/mol. The van der Waals surface area contributed by atoms with Crippen LogP contribution in [0.15, 0.2) is 48.6 Å². The van der Waals surface area contributed by atoms with Crippen molar-refractivity contribution < 1.29 is 14.8 Å². The second kappa shape index (κ2) is 6.99. The first kappa shape index (κ1) is 18.0. The fourth-order valence-corrected chi connectivity index (χ4v) is 4.28. The highest BCUT2D eigenvalue weighted by molar-refractivity contribution is 6.00. The maximum absolute atomic E-state index is 12.6. The SMILES string of the molecule is CCNC(=O)c1cccc2c1NC(c1cc([N+](=O)[O-])ccc1O)C1CC=CC21. The summed E-state index contributed by atoms with van der Waals surface area (Å²) in [4.78, 5) is 23.3. The molecule has 4 rings (SSSR count). The highest BCUT2D eigenvalue weighted by atomic mass is 16.6. The van der Waals surface area contributed by atoms with E-state index in [1.165, 1.54) is 18.2 Å². The van der Waals surface area contributed by atoms with Crippen LogP contribution in [0.4, 0.5) is 11.4 Å². The number of fused-ring (bicyclic) bond motifs is 3. The summed E-state index contributed by atoms with van der Waals surface area (Å²) in [5, 5.41) is 27.9. The van der Waals surface area contributed by atoms with E-state index in [4.69, 9.17) is 0 Å². The van der Waals surface area contributed by atoms with Gasteiger partial charge in [-0.3, -0.25) is 14.9 Å². The van der Waals surface area contributed by atoms with Crippen LogP contribution in [0.1, 0.15) is 46.8 Å². The van der Waals surface area contributed by atoms with Crippen LogP contribution >= 0.6 is 0 Å². The van der Waals surface area contributed by atoms with Gasteiger partial charge in [0.25, 0.3) is 11.6 Å². The van der Waals surface area contributed by atoms with Crippen molar-refractivity contribution in [2.24, 2.45) is 5.92 Å². The second-order valence-corrected chi connectivity index (χ2v) is 7.10. The lowest BCUT2D eigenvalue weighted by atomic mass is 9.76. The smallest absolute Gasteiger partial charge is 0.270 e. The van der Waals surface area contributed by atoms with E-state index in [9.17, 15) is 20.0 Å². The number of nitrogens with one attached hydrogen (secondary N) is 2. The van der Waals surface area contributed by atoms with Gasteiger partial charge in [-0.1, -0.05) is 24.3 Å². The molecule has 0 spiro atoms. The zero-order chi connectivity index (χ0) is 19.8. The molecule has 3 atom stereocenters. The Morgan fingerprint density at radius 1 is 1.32 bits per heavy atom. The number of aromatic hydroxyl groups is 1. The third-order valence-corrected chi connectivity index (χ3v) is 5.54. The van der Waals surface area contributed by atoms with Crippen molar-refractivity contribution in [3.8, 4) is 5.75 Å². The molecule has 0 aromatic heterocycles. The van der Waals surface area contributed by atoms with Gasteiger partial charge < -0.3 is 15.7 Å². The van der Waals surface area contributed by atoms with Crippen LogP contribution in [0, 0.1) is 16.0 Å². The Kier molecular flexibility index (Phi) is 4.50. The molecule has 144 valence electrons. The van der Waals surface area contributed by atoms with Crippen LogP contribution in [0.25, 0.3) is 0 Å². The summed E-state index contributed by atoms with van der Waals surface area (Å²) in [7, 11) is 0. The minimum Gasteiger partial charge on any atom is -0.508 e. The third-order valence-electron chi connectivity index (χ3n) is 5.54. The van der Waals surface area contributed by atoms with Gasteiger partial charge in [0.15, 0.2) is 0 Å². The standard InChI is InChI=1S/C21H21N3O4/c1-2-22-21(26)16-8-4-7-14-13-5-3-6-15(13)20(23-19(14)16)17-11-12(24(27)28)9-10-18(17)25/h3-5,7-11,13,15,20,23,25H,2,6H2,1H3,(H,22,26). The molecule has 0 saturated carbocycles. The molecule has 2 aliphatic rings. The molecule has 0 fully saturated rings. The van der Waals surface area contributed by atoms with Crippen molar-refractivity contribution in [1.29, 1.82) is 0 Å². The maximum atomic E-state index is 12.6. The lowest BCUT2D eigenvalue weighted by molar-refractivity contribution is -0.385. The van der Waals surface area contributed by atoms with Gasteiger partial charge in [-0.05, 0) is 37.0 Å². The van der Waals surface area contributed by atoms with Crippen LogP contribution in [0.5, 0.6) is 5.75 Å². The summed E-state index contributed by atoms with van der Waals surface area (Å²) in [6, 6.07) is 9.37. The first-order chi connectivity index (χ1) is 13.5. The molecule has 2 aromatic rings. The molecule has 1 heterocycles. The highest BCUT2D eigenvalue weighted by Gasteiger charge is 2.40. The van der Waals surface area contributed by atoms with Crippen molar-refractivity contribution in [3.63, 3.8) is 0 Å². The van der Waals surface area contributed by atoms with Gasteiger partial charge in [0.1, 0.15) is 5.75 Å². The minimum atomic E-state index is -0.468. The average molecular weight is 379 g/mol. The fourth-order valence-electron chi connectivity index (χ4n) is 4.28. The summed E-state index contributed by atoms with van der Waals surface area (Å²) < 4.78 is 0. The number of anilines is 1. The summed E-state index contributed by atoms with van der Waals surface area (Å²) in [6.45, 7) is 2.38. The Morgan fingerprint density at radius 3 is 2.89 bits per heavy atom. The largest absolute Gasteiger partial charge is 0.508 e. The fraction of sp³-hybridized carbons (Fsp3) is 0.286. The number of non-ortho nitro benzene ring substituents is 1. The van der Waals surface area contributed by atoms with E-state index in [0.717, 1.165) is 17.7 Å². The number of carbonyl (C=O) groups is 1. The molecule has 0 radical (unpaired) electrons. The first-order valence-corrected chi connectivity index (χ1v) is 9.33. The Morgan fingerprint density at radius 2 is 2.14 bits per heavy atom. The predicted octanol–water partition coefficient (Wildman–Crippen LogP) is 3.88. The molecule has 3 unspecified atom stereocenters. The highest BCUT2D eigenvalue weighted by Crippen LogP contribution is 2.52. The van der Waals surface area contributed by atoms with Crippen molar-refractivity contribution in [2.75, 3.05) is 11.9 Å². The predicted molar refractivity (Wildman–Crippen MR) is 106 cm³/mol. The first-order valence-electron chi connectivity index (χ1n) is 9.33. The third kappa shape index (κ3) is 2.89. The molecule has 7 heteroatoms. The Hall–Kier alpha value is -3.35. The molecule has 2 aromatic carbocycles. The van der Waals surface area contributed by atoms with Crippen molar-refractivity contribution in [1.82, 2.24) is 5.32 Å². The molecule has 0 bridgehead atoms. The van der Waals surface area contributed by atoms with E-state index in [2.05, 4.69) is 22.8 Å². The number of phenols is 1. The number of hydrogen-bond donors (Lipinski definition) is 3. The van der Waals surface area contributed by atoms with Crippen LogP contribution in [0.3, 0.4) is 0 Å². The van der Waals surface area contributed by atoms with Crippen molar-refractivity contribution in [2.45, 2.75) is 25.3 Å². The van der Waals surface area contributed by atoms with E-state index in [0.29, 0.717) is 17.7 Å². The normalized spacial score (nSPS) is 22.1. The zero-order valence-electron chi connectivity index (χ0n) is 15.4. The van der Waals surface area contributed by atoms with Crippen LogP contribution in [0.2, 0.25) is 0 Å². The van der Waals surface area contributed by atoms with Crippen molar-refractivity contribution >= 4 is 17.3 Å². The van der Waals surface area contributed by atoms with Crippen molar-refractivity contribution in [3.05, 3.63) is 75.4 Å². The van der Waals surface area contributed by atoms with Crippen LogP contribution < -0.4 is 10.6 Å². The van der Waals surface area contributed by atoms with Gasteiger partial charge in [-0.2, -0.15) is 0 Å². The topological polar surface area (TPSA) is 104 Å². The van der Waals surface area contributed by atoms with E-state index < -0.39 is 4.92 Å². The number of allylic oxidation sites excluding steroid dienone is 2. The summed E-state index contributed by atoms with van der Waals surface area (Å²) >= 11 is 0. The average Bonchev–Trinajstić information content (AvgIpc) is 3.17. The molecule has 1 aliphatic heterocycles. The lowest BCUT2D eigenvalue weighted by Gasteiger charge is -2.38. The Bertz CT molecular complexity index is 986. The van der Waals surface area contributed by atoms with Gasteiger partial charge in [0, 0.05) is 30.2 Å². The minimum absolute atomic E-state index is 0.00712. The zero-order valence-corrected chi connectivity index (χ0v) is 15.4. The number of carbonyl (C=O) groups excluding carboxylic acids is 1. The summed E-state index contributed by atoms with van der Waals surface area (Å²) in [6.07, 6.45) is 4.99. The quantitative estimate of drug-likeness (QED) is 0.425. The number of phenolic OH excluding ortho intramolecular Hbond substituents is 1. The van der Waals surface area contributed by atoms with Gasteiger partial charge >= 0.3 is 0 Å². The number of para-hydroxylation sites is 1. The Labute approximate surface area is 162 Å². The molecule has 1 aliphatic carbocycles. The van der Waals surface area contributed by atoms with E-state index in [1.807, 2.05) is 19.1 Å². The molecule has 1 amide bonds. The van der Waals surface area contributed by atoms with Crippen LogP contribution in [-0.4, -0.2) is 22.5 Å². The molecule has 3 N–H and O–H groups in total. The van der Waals surface area contributed by atoms with Crippen LogP contribution in [-0.2, 0) is 0 Å². The number of benzene rings is 2. The Balaban J connectivity index is 1.83. The number of nitrogens with zero attached hydrogens (tertiary/aromatic N) is 1. The van der Waals surface area contributed by atoms with Gasteiger partial charge in [0.2, 0.25) is 0 Å². The summed E-state index contributed by atoms with van der Waals surface area (Å²) in [5.74, 6) is 0.0150. The number of rotatable bonds is 4. The van der Waals surface area contributed by atoms with E-state index in [1.54, 1.807) is 6.07 Å². The van der Waals surface area contributed by atoms with E-state index >= 15 is 0 Å². The van der Waals surface area contributed by atoms with E-state index in [-0.39, 0.29) is 35.2 Å². The number of nitro groups is 1. The number of hydrogen-bond acceptors (Lipinski definition) is 5. The molecule has 7 nitrogen and oxygen atoms in total. The number of nitro benzene ring substituents is 1.